The SMILES string of the molecule is CO[C@@H]1OC(COS(=O)(=O)[O-])C[C@H](O)C1NC(=O)c1ccccc1. The quantitative estimate of drug-likeness (QED) is 0.506. The predicted octanol–water partition coefficient (Wildman–Crippen LogP) is -0.616. The number of aliphatic hydroxyl groups is 1. The molecule has 0 spiro atoms. The zero-order valence-electron chi connectivity index (χ0n) is 12.8. The van der Waals surface area contributed by atoms with Crippen LogP contribution in [0, 0.1) is 0 Å². The molecule has 1 aliphatic rings. The first kappa shape index (κ1) is 18.8. The molecule has 1 fully saturated rings. The van der Waals surface area contributed by atoms with Crippen molar-refractivity contribution in [3.05, 3.63) is 35.9 Å². The van der Waals surface area contributed by atoms with Crippen molar-refractivity contribution < 1.29 is 36.5 Å². The summed E-state index contributed by atoms with van der Waals surface area (Å²) in [7, 11) is -3.54. The minimum absolute atomic E-state index is 0.0326. The molecule has 1 aromatic carbocycles. The standard InChI is InChI=1S/C14H19NO8S/c1-21-14-12(15-13(17)9-5-3-2-4-6-9)11(16)7-10(23-14)8-22-24(18,19)20/h2-6,10-12,14,16H,7-8H2,1H3,(H,15,17)(H,18,19,20)/p-1/t10?,11-,12?,14+/m0/s1. The number of amides is 1. The second-order valence-corrected chi connectivity index (χ2v) is 6.28. The molecule has 0 saturated carbocycles. The molecule has 134 valence electrons. The Morgan fingerprint density at radius 2 is 2.08 bits per heavy atom. The van der Waals surface area contributed by atoms with Crippen molar-refractivity contribution in [2.24, 2.45) is 0 Å². The Morgan fingerprint density at radius 1 is 1.42 bits per heavy atom. The second-order valence-electron chi connectivity index (χ2n) is 5.22. The van der Waals surface area contributed by atoms with Gasteiger partial charge in [0.05, 0.1) is 18.8 Å². The number of methoxy groups -OCH3 is 1. The number of carbonyl (C=O) groups excluding carboxylic acids is 1. The van der Waals surface area contributed by atoms with E-state index in [0.717, 1.165) is 0 Å². The lowest BCUT2D eigenvalue weighted by Crippen LogP contribution is -2.58. The summed E-state index contributed by atoms with van der Waals surface area (Å²) in [5.74, 6) is -0.415. The Morgan fingerprint density at radius 3 is 2.67 bits per heavy atom. The summed E-state index contributed by atoms with van der Waals surface area (Å²) in [5.41, 5.74) is 0.405. The van der Waals surface area contributed by atoms with E-state index in [1.54, 1.807) is 30.3 Å². The minimum atomic E-state index is -4.86. The summed E-state index contributed by atoms with van der Waals surface area (Å²) in [6.07, 6.45) is -2.99. The summed E-state index contributed by atoms with van der Waals surface area (Å²) in [4.78, 5) is 12.2. The van der Waals surface area contributed by atoms with Crippen LogP contribution in [0.3, 0.4) is 0 Å². The molecule has 2 N–H and O–H groups in total. The molecule has 9 nitrogen and oxygen atoms in total. The highest BCUT2D eigenvalue weighted by atomic mass is 32.3. The van der Waals surface area contributed by atoms with Gasteiger partial charge in [-0.2, -0.15) is 0 Å². The molecule has 1 aromatic rings. The lowest BCUT2D eigenvalue weighted by molar-refractivity contribution is -0.223. The van der Waals surface area contributed by atoms with Gasteiger partial charge in [0.1, 0.15) is 6.04 Å². The van der Waals surface area contributed by atoms with Crippen molar-refractivity contribution in [3.8, 4) is 0 Å². The molecule has 0 aliphatic carbocycles. The number of carbonyl (C=O) groups is 1. The van der Waals surface area contributed by atoms with Crippen LogP contribution in [0.5, 0.6) is 0 Å². The summed E-state index contributed by atoms with van der Waals surface area (Å²) < 4.78 is 46.1. The molecule has 1 heterocycles. The Labute approximate surface area is 139 Å². The van der Waals surface area contributed by atoms with Crippen molar-refractivity contribution in [1.29, 1.82) is 0 Å². The molecule has 2 unspecified atom stereocenters. The van der Waals surface area contributed by atoms with Gasteiger partial charge in [0.15, 0.2) is 6.29 Å². The Bertz CT molecular complexity index is 650. The third kappa shape index (κ3) is 5.23. The van der Waals surface area contributed by atoms with Crippen molar-refractivity contribution in [3.63, 3.8) is 0 Å². The summed E-state index contributed by atoms with van der Waals surface area (Å²) in [5, 5.41) is 12.8. The van der Waals surface area contributed by atoms with E-state index >= 15 is 0 Å². The smallest absolute Gasteiger partial charge is 0.251 e. The van der Waals surface area contributed by atoms with Crippen LogP contribution < -0.4 is 5.32 Å². The molecule has 10 heteroatoms. The maximum Gasteiger partial charge on any atom is 0.251 e. The van der Waals surface area contributed by atoms with Crippen LogP contribution in [0.4, 0.5) is 0 Å². The first-order chi connectivity index (χ1) is 11.3. The maximum atomic E-state index is 12.2. The third-order valence-electron chi connectivity index (χ3n) is 3.50. The van der Waals surface area contributed by atoms with Gasteiger partial charge in [0.25, 0.3) is 5.91 Å². The highest BCUT2D eigenvalue weighted by molar-refractivity contribution is 7.80. The van der Waals surface area contributed by atoms with Crippen LogP contribution >= 0.6 is 0 Å². The first-order valence-corrected chi connectivity index (χ1v) is 8.46. The monoisotopic (exact) mass is 360 g/mol. The van der Waals surface area contributed by atoms with E-state index in [2.05, 4.69) is 9.50 Å². The van der Waals surface area contributed by atoms with E-state index in [1.807, 2.05) is 0 Å². The number of aliphatic hydroxyl groups excluding tert-OH is 1. The number of nitrogens with one attached hydrogen (secondary N) is 1. The highest BCUT2D eigenvalue weighted by Gasteiger charge is 2.39. The largest absolute Gasteiger partial charge is 0.726 e. The van der Waals surface area contributed by atoms with Gasteiger partial charge in [0, 0.05) is 19.1 Å². The minimum Gasteiger partial charge on any atom is -0.726 e. The fourth-order valence-electron chi connectivity index (χ4n) is 2.38. The second kappa shape index (κ2) is 8.01. The molecule has 2 rings (SSSR count). The van der Waals surface area contributed by atoms with Crippen molar-refractivity contribution in [1.82, 2.24) is 5.32 Å². The van der Waals surface area contributed by atoms with Gasteiger partial charge in [-0.3, -0.25) is 8.98 Å². The zero-order valence-corrected chi connectivity index (χ0v) is 13.6. The van der Waals surface area contributed by atoms with Gasteiger partial charge < -0.3 is 24.4 Å². The number of hydrogen-bond acceptors (Lipinski definition) is 8. The van der Waals surface area contributed by atoms with Gasteiger partial charge in [-0.05, 0) is 12.1 Å². The van der Waals surface area contributed by atoms with Crippen molar-refractivity contribution in [2.45, 2.75) is 31.0 Å². The van der Waals surface area contributed by atoms with E-state index in [9.17, 15) is 22.9 Å². The van der Waals surface area contributed by atoms with Gasteiger partial charge in [0.2, 0.25) is 10.4 Å². The van der Waals surface area contributed by atoms with Crippen LogP contribution in [0.2, 0.25) is 0 Å². The van der Waals surface area contributed by atoms with Gasteiger partial charge in [-0.1, -0.05) is 18.2 Å². The van der Waals surface area contributed by atoms with E-state index in [4.69, 9.17) is 9.47 Å². The number of benzene rings is 1. The fourth-order valence-corrected chi connectivity index (χ4v) is 2.70. The van der Waals surface area contributed by atoms with Crippen LogP contribution in [-0.4, -0.2) is 62.2 Å². The van der Waals surface area contributed by atoms with Crippen molar-refractivity contribution in [2.75, 3.05) is 13.7 Å². The highest BCUT2D eigenvalue weighted by Crippen LogP contribution is 2.22. The molecule has 1 saturated heterocycles. The Kier molecular flexibility index (Phi) is 6.27. The molecular weight excluding hydrogens is 342 g/mol. The molecule has 24 heavy (non-hydrogen) atoms. The van der Waals surface area contributed by atoms with Gasteiger partial charge >= 0.3 is 0 Å². The topological polar surface area (TPSA) is 134 Å². The van der Waals surface area contributed by atoms with E-state index in [1.165, 1.54) is 7.11 Å². The van der Waals surface area contributed by atoms with Crippen molar-refractivity contribution >= 4 is 16.3 Å². The van der Waals surface area contributed by atoms with Crippen LogP contribution in [0.25, 0.3) is 0 Å². The summed E-state index contributed by atoms with van der Waals surface area (Å²) in [6.45, 7) is -0.540. The lowest BCUT2D eigenvalue weighted by atomic mass is 10.00. The zero-order chi connectivity index (χ0) is 17.7. The molecule has 0 aromatic heterocycles. The van der Waals surface area contributed by atoms with E-state index in [0.29, 0.717) is 5.56 Å². The fraction of sp³-hybridized carbons (Fsp3) is 0.500. The van der Waals surface area contributed by atoms with Crippen LogP contribution in [-0.2, 0) is 24.1 Å². The summed E-state index contributed by atoms with van der Waals surface area (Å²) in [6, 6.07) is 7.54. The van der Waals surface area contributed by atoms with Crippen LogP contribution in [0.15, 0.2) is 30.3 Å². The van der Waals surface area contributed by atoms with Gasteiger partial charge in [-0.15, -0.1) is 0 Å². The lowest BCUT2D eigenvalue weighted by Gasteiger charge is -2.39. The number of ether oxygens (including phenoxy) is 2. The normalized spacial score (nSPS) is 27.6. The molecule has 1 amide bonds. The van der Waals surface area contributed by atoms with Crippen LogP contribution in [0.1, 0.15) is 16.8 Å². The molecule has 0 bridgehead atoms. The average Bonchev–Trinajstić information content (AvgIpc) is 2.55. The van der Waals surface area contributed by atoms with Gasteiger partial charge in [-0.25, -0.2) is 8.42 Å². The Balaban J connectivity index is 2.00. The Hall–Kier alpha value is -1.56. The van der Waals surface area contributed by atoms with E-state index < -0.39 is 47.5 Å². The summed E-state index contributed by atoms with van der Waals surface area (Å²) >= 11 is 0. The molecule has 4 atom stereocenters. The maximum absolute atomic E-state index is 12.2. The predicted molar refractivity (Wildman–Crippen MR) is 79.6 cm³/mol. The number of hydrogen-bond donors (Lipinski definition) is 2. The number of rotatable bonds is 6. The molecule has 0 radical (unpaired) electrons. The van der Waals surface area contributed by atoms with E-state index in [-0.39, 0.29) is 6.42 Å². The average molecular weight is 360 g/mol. The molecule has 1 aliphatic heterocycles. The third-order valence-corrected chi connectivity index (χ3v) is 3.93. The first-order valence-electron chi connectivity index (χ1n) is 7.12. The molecular formula is C14H18NO8S-.